The van der Waals surface area contributed by atoms with Crippen LogP contribution < -0.4 is 10.6 Å². The number of hydrogen-bond donors (Lipinski definition) is 2. The Morgan fingerprint density at radius 1 is 1.35 bits per heavy atom. The Hall–Kier alpha value is -2.14. The number of nitrogens with zero attached hydrogens (tertiary/aromatic N) is 2. The fourth-order valence-corrected chi connectivity index (χ4v) is 1.92. The predicted octanol–water partition coefficient (Wildman–Crippen LogP) is 2.66. The molecule has 0 saturated carbocycles. The summed E-state index contributed by atoms with van der Waals surface area (Å²) in [6, 6.07) is 7.21. The Morgan fingerprint density at radius 3 is 2.85 bits per heavy atom. The first-order valence-electron chi connectivity index (χ1n) is 6.16. The van der Waals surface area contributed by atoms with Crippen molar-refractivity contribution in [1.29, 1.82) is 0 Å². The predicted molar refractivity (Wildman–Crippen MR) is 78.9 cm³/mol. The summed E-state index contributed by atoms with van der Waals surface area (Å²) in [4.78, 5) is 20.2. The molecular formula is C14H15ClN4O. The number of halogens is 1. The van der Waals surface area contributed by atoms with E-state index in [0.29, 0.717) is 10.8 Å². The number of carbonyl (C=O) groups is 1. The molecule has 0 saturated heterocycles. The molecule has 20 heavy (non-hydrogen) atoms. The van der Waals surface area contributed by atoms with Crippen LogP contribution >= 0.6 is 11.6 Å². The van der Waals surface area contributed by atoms with Gasteiger partial charge in [-0.25, -0.2) is 4.98 Å². The minimum atomic E-state index is -0.276. The fraction of sp³-hybridized carbons (Fsp3) is 0.214. The van der Waals surface area contributed by atoms with E-state index in [9.17, 15) is 4.79 Å². The Balaban J connectivity index is 2.10. The fourth-order valence-electron chi connectivity index (χ4n) is 1.73. The topological polar surface area (TPSA) is 66.9 Å². The van der Waals surface area contributed by atoms with E-state index in [0.717, 1.165) is 5.56 Å². The lowest BCUT2D eigenvalue weighted by atomic mass is 10.1. The first-order valence-corrected chi connectivity index (χ1v) is 6.54. The Bertz CT molecular complexity index is 618. The number of anilines is 1. The highest BCUT2D eigenvalue weighted by atomic mass is 35.5. The maximum atomic E-state index is 12.1. The standard InChI is InChI=1S/C14H15ClN4O/c1-9(10-4-3-5-11(15)6-10)18-14(20)12-7-17-8-13(16-2)19-12/h3-9H,1-2H3,(H,16,19)(H,18,20). The number of amides is 1. The van der Waals surface area contributed by atoms with E-state index in [2.05, 4.69) is 20.6 Å². The van der Waals surface area contributed by atoms with E-state index in [4.69, 9.17) is 11.6 Å². The van der Waals surface area contributed by atoms with Crippen LogP contribution in [0.25, 0.3) is 0 Å². The first-order chi connectivity index (χ1) is 9.60. The molecule has 6 heteroatoms. The first kappa shape index (κ1) is 14.3. The molecule has 0 aliphatic carbocycles. The van der Waals surface area contributed by atoms with Crippen molar-refractivity contribution in [2.75, 3.05) is 12.4 Å². The van der Waals surface area contributed by atoms with Crippen molar-refractivity contribution in [3.8, 4) is 0 Å². The Labute approximate surface area is 122 Å². The second-order valence-corrected chi connectivity index (χ2v) is 4.73. The van der Waals surface area contributed by atoms with Crippen LogP contribution in [0.15, 0.2) is 36.7 Å². The minimum absolute atomic E-state index is 0.166. The normalized spacial score (nSPS) is 11.8. The van der Waals surface area contributed by atoms with Crippen molar-refractivity contribution in [3.63, 3.8) is 0 Å². The van der Waals surface area contributed by atoms with Gasteiger partial charge in [-0.1, -0.05) is 23.7 Å². The van der Waals surface area contributed by atoms with Crippen molar-refractivity contribution in [2.45, 2.75) is 13.0 Å². The molecule has 1 amide bonds. The molecule has 1 aromatic heterocycles. The zero-order valence-electron chi connectivity index (χ0n) is 11.2. The van der Waals surface area contributed by atoms with Gasteiger partial charge < -0.3 is 10.6 Å². The summed E-state index contributed by atoms with van der Waals surface area (Å²) in [5.74, 6) is 0.273. The van der Waals surface area contributed by atoms with E-state index in [1.54, 1.807) is 19.3 Å². The summed E-state index contributed by atoms with van der Waals surface area (Å²) in [5.41, 5.74) is 1.20. The zero-order valence-corrected chi connectivity index (χ0v) is 12.0. The smallest absolute Gasteiger partial charge is 0.272 e. The minimum Gasteiger partial charge on any atom is -0.372 e. The lowest BCUT2D eigenvalue weighted by Gasteiger charge is -2.14. The molecule has 0 spiro atoms. The molecule has 0 aliphatic rings. The van der Waals surface area contributed by atoms with Crippen molar-refractivity contribution < 1.29 is 4.79 Å². The average molecular weight is 291 g/mol. The molecule has 0 bridgehead atoms. The number of aromatic nitrogens is 2. The molecular weight excluding hydrogens is 276 g/mol. The van der Waals surface area contributed by atoms with Gasteiger partial charge in [0.15, 0.2) is 0 Å². The lowest BCUT2D eigenvalue weighted by molar-refractivity contribution is 0.0934. The molecule has 1 aromatic carbocycles. The van der Waals surface area contributed by atoms with Gasteiger partial charge >= 0.3 is 0 Å². The molecule has 5 nitrogen and oxygen atoms in total. The molecule has 1 heterocycles. The van der Waals surface area contributed by atoms with Crippen LogP contribution in [0, 0.1) is 0 Å². The van der Waals surface area contributed by atoms with Crippen molar-refractivity contribution in [1.82, 2.24) is 15.3 Å². The number of carbonyl (C=O) groups excluding carboxylic acids is 1. The monoisotopic (exact) mass is 290 g/mol. The van der Waals surface area contributed by atoms with Crippen LogP contribution in [0.1, 0.15) is 29.0 Å². The van der Waals surface area contributed by atoms with Gasteiger partial charge in [0.2, 0.25) is 0 Å². The van der Waals surface area contributed by atoms with Crippen LogP contribution in [0.3, 0.4) is 0 Å². The highest BCUT2D eigenvalue weighted by molar-refractivity contribution is 6.30. The Kier molecular flexibility index (Phi) is 4.53. The number of benzene rings is 1. The van der Waals surface area contributed by atoms with Crippen LogP contribution in [0.2, 0.25) is 5.02 Å². The summed E-state index contributed by atoms with van der Waals surface area (Å²) < 4.78 is 0. The van der Waals surface area contributed by atoms with Crippen molar-refractivity contribution in [2.24, 2.45) is 0 Å². The van der Waals surface area contributed by atoms with Crippen LogP contribution in [0.4, 0.5) is 5.82 Å². The maximum absolute atomic E-state index is 12.1. The summed E-state index contributed by atoms with van der Waals surface area (Å²) in [6.45, 7) is 1.89. The van der Waals surface area contributed by atoms with Crippen LogP contribution in [-0.4, -0.2) is 22.9 Å². The van der Waals surface area contributed by atoms with Gasteiger partial charge in [-0.3, -0.25) is 9.78 Å². The largest absolute Gasteiger partial charge is 0.372 e. The van der Waals surface area contributed by atoms with E-state index in [1.807, 2.05) is 25.1 Å². The van der Waals surface area contributed by atoms with Gasteiger partial charge in [0.05, 0.1) is 18.4 Å². The molecule has 2 aromatic rings. The van der Waals surface area contributed by atoms with Gasteiger partial charge in [0.25, 0.3) is 5.91 Å². The van der Waals surface area contributed by atoms with E-state index < -0.39 is 0 Å². The average Bonchev–Trinajstić information content (AvgIpc) is 2.47. The molecule has 0 fully saturated rings. The third kappa shape index (κ3) is 3.45. The van der Waals surface area contributed by atoms with E-state index >= 15 is 0 Å². The zero-order chi connectivity index (χ0) is 14.5. The second kappa shape index (κ2) is 6.34. The molecule has 1 unspecified atom stereocenters. The SMILES string of the molecule is CNc1cncc(C(=O)NC(C)c2cccc(Cl)c2)n1. The second-order valence-electron chi connectivity index (χ2n) is 4.29. The molecule has 0 aliphatic heterocycles. The molecule has 1 atom stereocenters. The molecule has 104 valence electrons. The van der Waals surface area contributed by atoms with Crippen molar-refractivity contribution >= 4 is 23.3 Å². The highest BCUT2D eigenvalue weighted by Gasteiger charge is 2.13. The van der Waals surface area contributed by atoms with Crippen LogP contribution in [0.5, 0.6) is 0 Å². The highest BCUT2D eigenvalue weighted by Crippen LogP contribution is 2.17. The molecule has 2 N–H and O–H groups in total. The van der Waals surface area contributed by atoms with Crippen LogP contribution in [-0.2, 0) is 0 Å². The summed E-state index contributed by atoms with van der Waals surface area (Å²) >= 11 is 5.94. The summed E-state index contributed by atoms with van der Waals surface area (Å²) in [5, 5.41) is 6.35. The van der Waals surface area contributed by atoms with Gasteiger partial charge in [0.1, 0.15) is 11.5 Å². The van der Waals surface area contributed by atoms with Gasteiger partial charge in [-0.05, 0) is 24.6 Å². The third-order valence-electron chi connectivity index (χ3n) is 2.82. The van der Waals surface area contributed by atoms with E-state index in [1.165, 1.54) is 6.20 Å². The molecule has 0 radical (unpaired) electrons. The number of hydrogen-bond acceptors (Lipinski definition) is 4. The van der Waals surface area contributed by atoms with Gasteiger partial charge in [0, 0.05) is 12.1 Å². The Morgan fingerprint density at radius 2 is 2.15 bits per heavy atom. The van der Waals surface area contributed by atoms with Gasteiger partial charge in [-0.15, -0.1) is 0 Å². The van der Waals surface area contributed by atoms with E-state index in [-0.39, 0.29) is 17.6 Å². The van der Waals surface area contributed by atoms with Crippen molar-refractivity contribution in [3.05, 3.63) is 52.9 Å². The molecule has 2 rings (SSSR count). The number of rotatable bonds is 4. The maximum Gasteiger partial charge on any atom is 0.272 e. The number of nitrogens with one attached hydrogen (secondary N) is 2. The lowest BCUT2D eigenvalue weighted by Crippen LogP contribution is -2.27. The summed E-state index contributed by atoms with van der Waals surface area (Å²) in [7, 11) is 1.72. The third-order valence-corrected chi connectivity index (χ3v) is 3.05. The quantitative estimate of drug-likeness (QED) is 0.908. The summed E-state index contributed by atoms with van der Waals surface area (Å²) in [6.07, 6.45) is 2.98. The van der Waals surface area contributed by atoms with Gasteiger partial charge in [-0.2, -0.15) is 0 Å².